The van der Waals surface area contributed by atoms with Crippen LogP contribution in [0.5, 0.6) is 23.0 Å². The fourth-order valence-corrected chi connectivity index (χ4v) is 9.05. The van der Waals surface area contributed by atoms with Gasteiger partial charge in [-0.15, -0.1) is 0 Å². The molecule has 344 valence electrons. The number of ether oxygens (including phenoxy) is 6. The number of methoxy groups -OCH3 is 1. The minimum absolute atomic E-state index is 0.0251. The van der Waals surface area contributed by atoms with Crippen molar-refractivity contribution >= 4 is 23.6 Å². The molecule has 4 aromatic carbocycles. The Bertz CT molecular complexity index is 2590. The minimum Gasteiger partial charge on any atom is -0.507 e. The van der Waals surface area contributed by atoms with Gasteiger partial charge in [-0.3, -0.25) is 14.4 Å². The van der Waals surface area contributed by atoms with Crippen LogP contribution < -0.4 is 10.5 Å². The maximum Gasteiger partial charge on any atom is 0.410 e. The highest BCUT2D eigenvalue weighted by atomic mass is 16.7. The van der Waals surface area contributed by atoms with E-state index in [1.807, 2.05) is 0 Å². The third kappa shape index (κ3) is 7.61. The molecule has 2 heterocycles. The molecule has 20 heteroatoms. The first-order valence-electron chi connectivity index (χ1n) is 20.3. The molecule has 0 unspecified atom stereocenters. The van der Waals surface area contributed by atoms with Crippen LogP contribution in [0.4, 0.5) is 4.79 Å². The number of aliphatic hydroxyl groups excluding tert-OH is 5. The third-order valence-corrected chi connectivity index (χ3v) is 12.3. The summed E-state index contributed by atoms with van der Waals surface area (Å²) in [6.45, 7) is 2.29. The van der Waals surface area contributed by atoms with Gasteiger partial charge in [0.25, 0.3) is 5.91 Å². The van der Waals surface area contributed by atoms with Crippen LogP contribution in [0.25, 0.3) is 11.1 Å². The van der Waals surface area contributed by atoms with E-state index in [0.717, 1.165) is 17.0 Å². The van der Waals surface area contributed by atoms with Gasteiger partial charge in [0.2, 0.25) is 0 Å². The van der Waals surface area contributed by atoms with Crippen LogP contribution in [0.15, 0.2) is 54.6 Å². The van der Waals surface area contributed by atoms with Gasteiger partial charge in [0.05, 0.1) is 42.6 Å². The van der Waals surface area contributed by atoms with Gasteiger partial charge in [0.15, 0.2) is 24.1 Å². The average molecular weight is 903 g/mol. The molecule has 2 aliphatic carbocycles. The summed E-state index contributed by atoms with van der Waals surface area (Å²) >= 11 is 0. The summed E-state index contributed by atoms with van der Waals surface area (Å²) in [5, 5.41) is 90.5. The number of aryl methyl sites for hydroxylation is 1. The lowest BCUT2D eigenvalue weighted by atomic mass is 9.74. The highest BCUT2D eigenvalue weighted by Gasteiger charge is 2.53. The molecule has 2 fully saturated rings. The number of amides is 2. The number of aliphatic hydroxyl groups is 5. The summed E-state index contributed by atoms with van der Waals surface area (Å²) in [6.07, 6.45) is -17.8. The van der Waals surface area contributed by atoms with Crippen molar-refractivity contribution in [2.75, 3.05) is 20.8 Å². The van der Waals surface area contributed by atoms with Crippen molar-refractivity contribution in [1.29, 1.82) is 0 Å². The molecule has 20 nitrogen and oxygen atoms in total. The van der Waals surface area contributed by atoms with Crippen molar-refractivity contribution in [3.8, 4) is 34.1 Å². The monoisotopic (exact) mass is 902 g/mol. The first-order valence-corrected chi connectivity index (χ1v) is 20.3. The number of phenols is 3. The Morgan fingerprint density at radius 3 is 2.15 bits per heavy atom. The van der Waals surface area contributed by atoms with Gasteiger partial charge in [-0.1, -0.05) is 36.4 Å². The predicted octanol–water partition coefficient (Wildman–Crippen LogP) is 1.33. The summed E-state index contributed by atoms with van der Waals surface area (Å²) in [5.41, 5.74) is 3.20. The average Bonchev–Trinajstić information content (AvgIpc) is 3.27. The van der Waals surface area contributed by atoms with Gasteiger partial charge in [-0.05, 0) is 48.2 Å². The molecular formula is C45H46N2O18. The number of hydrogen-bond acceptors (Lipinski definition) is 18. The zero-order valence-corrected chi connectivity index (χ0v) is 35.1. The van der Waals surface area contributed by atoms with Gasteiger partial charge in [-0.25, -0.2) is 4.79 Å². The van der Waals surface area contributed by atoms with E-state index in [2.05, 4.69) is 0 Å². The molecule has 0 aromatic heterocycles. The molecule has 2 amide bonds. The number of ketones is 2. The zero-order chi connectivity index (χ0) is 46.9. The van der Waals surface area contributed by atoms with E-state index < -0.39 is 137 Å². The second-order valence-electron chi connectivity index (χ2n) is 16.3. The molecule has 4 aliphatic rings. The van der Waals surface area contributed by atoms with Gasteiger partial charge >= 0.3 is 6.09 Å². The van der Waals surface area contributed by atoms with Crippen LogP contribution in [0.3, 0.4) is 0 Å². The molecular weight excluding hydrogens is 856 g/mol. The molecule has 2 saturated heterocycles. The normalized spacial score (nSPS) is 28.0. The van der Waals surface area contributed by atoms with Gasteiger partial charge in [-0.2, -0.15) is 0 Å². The van der Waals surface area contributed by atoms with Crippen LogP contribution >= 0.6 is 0 Å². The number of carbonyl (C=O) groups excluding carboxylic acids is 4. The Kier molecular flexibility index (Phi) is 12.1. The Balaban J connectivity index is 1.20. The Hall–Kier alpha value is -6.20. The Morgan fingerprint density at radius 2 is 1.48 bits per heavy atom. The number of primary amides is 1. The van der Waals surface area contributed by atoms with Crippen LogP contribution in [-0.4, -0.2) is 145 Å². The second kappa shape index (κ2) is 17.3. The predicted molar refractivity (Wildman–Crippen MR) is 220 cm³/mol. The largest absolute Gasteiger partial charge is 0.507 e. The van der Waals surface area contributed by atoms with Crippen molar-refractivity contribution < 1.29 is 88.5 Å². The zero-order valence-electron chi connectivity index (χ0n) is 35.1. The molecule has 0 radical (unpaired) electrons. The fraction of sp³-hybridized carbons (Fsp3) is 0.378. The van der Waals surface area contributed by atoms with Gasteiger partial charge < -0.3 is 79.9 Å². The standard InChI is InChI=1S/C45H46N2O18/c1-16-10-23-29(36(54)26(16)42(46)58)28-21(13-22-30(37(28)55)33(51)20-11-19(60-4)12-24(48)27(20)32(22)50)34(52)40(23)64-44-39(57)41(65-43-38(56)35(53)25(49)15-61-43)31(17(2)63-44)47(3)45(59)62-14-18-8-6-5-7-9-18/h5-13,17,25,31,34-35,38-41,43-44,48-49,52-57H,14-15H2,1-4H3,(H2,46,58)/t17-,25-,31+,34+,35+,38-,39-,40+,41+,43+,44+/m1/s1. The number of likely N-dealkylation sites (N-methyl/N-ethyl adjacent to an activating group) is 1. The number of fused-ring (bicyclic) bond motifs is 5. The molecule has 0 spiro atoms. The number of rotatable bonds is 9. The van der Waals surface area contributed by atoms with E-state index in [4.69, 9.17) is 34.2 Å². The van der Waals surface area contributed by atoms with Crippen LogP contribution in [0, 0.1) is 6.92 Å². The van der Waals surface area contributed by atoms with Crippen molar-refractivity contribution in [3.63, 3.8) is 0 Å². The maximum atomic E-state index is 14.1. The Labute approximate surface area is 369 Å². The van der Waals surface area contributed by atoms with Gasteiger partial charge in [0.1, 0.15) is 72.3 Å². The highest BCUT2D eigenvalue weighted by Crippen LogP contribution is 2.57. The number of aromatic hydroxyl groups is 3. The summed E-state index contributed by atoms with van der Waals surface area (Å²) in [7, 11) is 2.61. The number of hydrogen-bond donors (Lipinski definition) is 9. The second-order valence-corrected chi connectivity index (χ2v) is 16.3. The van der Waals surface area contributed by atoms with E-state index in [1.165, 1.54) is 40.1 Å². The lowest BCUT2D eigenvalue weighted by Crippen LogP contribution is -2.66. The highest BCUT2D eigenvalue weighted by molar-refractivity contribution is 6.31. The summed E-state index contributed by atoms with van der Waals surface area (Å²) in [6, 6.07) is 12.2. The van der Waals surface area contributed by atoms with E-state index >= 15 is 0 Å². The van der Waals surface area contributed by atoms with Crippen molar-refractivity contribution in [2.45, 2.75) is 87.9 Å². The van der Waals surface area contributed by atoms with Crippen molar-refractivity contribution in [2.24, 2.45) is 5.73 Å². The topological polar surface area (TPSA) is 315 Å². The molecule has 4 aromatic rings. The molecule has 10 N–H and O–H groups in total. The van der Waals surface area contributed by atoms with E-state index in [0.29, 0.717) is 5.56 Å². The summed E-state index contributed by atoms with van der Waals surface area (Å²) in [4.78, 5) is 55.5. The van der Waals surface area contributed by atoms with E-state index in [-0.39, 0.29) is 45.7 Å². The van der Waals surface area contributed by atoms with E-state index in [1.54, 1.807) is 30.3 Å². The number of nitrogens with two attached hydrogens (primary N) is 1. The summed E-state index contributed by atoms with van der Waals surface area (Å²) in [5.74, 6) is -5.18. The molecule has 11 atom stereocenters. The number of phenolic OH excluding ortho intramolecular Hbond substituents is 2. The lowest BCUT2D eigenvalue weighted by molar-refractivity contribution is -0.344. The Morgan fingerprint density at radius 1 is 0.815 bits per heavy atom. The molecule has 2 aliphatic heterocycles. The van der Waals surface area contributed by atoms with Gasteiger partial charge in [0, 0.05) is 35.4 Å². The maximum absolute atomic E-state index is 14.1. The minimum atomic E-state index is -1.95. The summed E-state index contributed by atoms with van der Waals surface area (Å²) < 4.78 is 34.9. The SMILES string of the molecule is COc1cc(O)c2c(c1)C(=O)c1c(cc3c(c1O)-c1c(cc(C)c(C(N)=O)c1O)[C@H](O[C@@H]1O[C@H](C)[C@H](N(C)C(=O)OCc4ccccc4)[C@H](O[C@@H]4OC[C@@H](O)[C@H](O)[C@H]4O)[C@H]1O)[C@H]3O)C2=O. The van der Waals surface area contributed by atoms with Crippen molar-refractivity contribution in [1.82, 2.24) is 4.90 Å². The van der Waals surface area contributed by atoms with E-state index in [9.17, 15) is 60.0 Å². The third-order valence-electron chi connectivity index (χ3n) is 12.3. The van der Waals surface area contributed by atoms with Crippen LogP contribution in [-0.2, 0) is 30.3 Å². The molecule has 65 heavy (non-hydrogen) atoms. The number of benzene rings is 4. The molecule has 0 saturated carbocycles. The first-order chi connectivity index (χ1) is 30.9. The number of nitrogens with zero attached hydrogens (tertiary/aromatic N) is 1. The van der Waals surface area contributed by atoms with Crippen LogP contribution in [0.1, 0.15) is 83.6 Å². The first kappa shape index (κ1) is 45.4. The quantitative estimate of drug-likeness (QED) is 0.101. The smallest absolute Gasteiger partial charge is 0.410 e. The fourth-order valence-electron chi connectivity index (χ4n) is 9.05. The van der Waals surface area contributed by atoms with Crippen molar-refractivity contribution in [3.05, 3.63) is 105 Å². The van der Waals surface area contributed by atoms with Crippen LogP contribution in [0.2, 0.25) is 0 Å². The molecule has 8 rings (SSSR count). The number of carbonyl (C=O) groups is 4. The lowest BCUT2D eigenvalue weighted by Gasteiger charge is -2.49. The molecule has 0 bridgehead atoms.